The van der Waals surface area contributed by atoms with Gasteiger partial charge in [-0.15, -0.1) is 0 Å². The minimum absolute atomic E-state index is 0.0669. The number of aromatic nitrogens is 2. The third kappa shape index (κ3) is 2.94. The maximum atomic E-state index is 14.6. The summed E-state index contributed by atoms with van der Waals surface area (Å²) in [5.74, 6) is -0.450. The van der Waals surface area contributed by atoms with Crippen molar-refractivity contribution in [3.8, 4) is 16.9 Å². The van der Waals surface area contributed by atoms with Gasteiger partial charge in [0.1, 0.15) is 23.0 Å². The Morgan fingerprint density at radius 2 is 2.15 bits per heavy atom. The van der Waals surface area contributed by atoms with Crippen LogP contribution in [0.25, 0.3) is 16.8 Å². The number of rotatable bonds is 5. The first kappa shape index (κ1) is 18.0. The van der Waals surface area contributed by atoms with E-state index >= 15 is 0 Å². The molecule has 0 unspecified atom stereocenters. The number of carbonyl (C=O) groups excluding carboxylic acids is 1. The fourth-order valence-electron chi connectivity index (χ4n) is 2.74. The van der Waals surface area contributed by atoms with Crippen molar-refractivity contribution in [3.63, 3.8) is 0 Å². The molecule has 3 N–H and O–H groups in total. The summed E-state index contributed by atoms with van der Waals surface area (Å²) in [5.41, 5.74) is 6.91. The fourth-order valence-corrected chi connectivity index (χ4v) is 2.98. The van der Waals surface area contributed by atoms with Crippen LogP contribution in [-0.4, -0.2) is 28.9 Å². The largest absolute Gasteiger partial charge is 0.496 e. The van der Waals surface area contributed by atoms with E-state index in [-0.39, 0.29) is 27.7 Å². The Morgan fingerprint density at radius 1 is 1.38 bits per heavy atom. The molecule has 3 rings (SSSR count). The molecule has 3 aromatic rings. The summed E-state index contributed by atoms with van der Waals surface area (Å²) in [6.07, 6.45) is 2.37. The zero-order valence-electron chi connectivity index (χ0n) is 14.3. The van der Waals surface area contributed by atoms with E-state index in [2.05, 4.69) is 10.3 Å². The molecule has 1 aromatic carbocycles. The van der Waals surface area contributed by atoms with Gasteiger partial charge in [0, 0.05) is 12.7 Å². The molecule has 1 amide bonds. The highest BCUT2D eigenvalue weighted by Crippen LogP contribution is 2.40. The van der Waals surface area contributed by atoms with Gasteiger partial charge >= 0.3 is 0 Å². The second-order valence-electron chi connectivity index (χ2n) is 5.65. The molecular formula is C18H18ClFN4O2. The molecule has 8 heteroatoms. The van der Waals surface area contributed by atoms with E-state index in [1.165, 1.54) is 23.6 Å². The van der Waals surface area contributed by atoms with Crippen LogP contribution >= 0.6 is 11.6 Å². The van der Waals surface area contributed by atoms with E-state index in [0.717, 1.165) is 6.42 Å². The Bertz CT molecular complexity index is 987. The minimum atomic E-state index is -0.516. The van der Waals surface area contributed by atoms with Crippen LogP contribution in [0.2, 0.25) is 5.02 Å². The number of nitrogens with two attached hydrogens (primary N) is 1. The number of hydrogen-bond acceptors (Lipinski definition) is 4. The van der Waals surface area contributed by atoms with Crippen LogP contribution in [0.1, 0.15) is 23.8 Å². The Hall–Kier alpha value is -2.80. The highest BCUT2D eigenvalue weighted by Gasteiger charge is 2.23. The van der Waals surface area contributed by atoms with Gasteiger partial charge in [-0.2, -0.15) is 0 Å². The van der Waals surface area contributed by atoms with Gasteiger partial charge in [-0.05, 0) is 24.6 Å². The number of halogens is 2. The van der Waals surface area contributed by atoms with Crippen LogP contribution in [0.4, 0.5) is 10.2 Å². The number of ether oxygens (including phenoxy) is 1. The van der Waals surface area contributed by atoms with Gasteiger partial charge in [0.15, 0.2) is 5.69 Å². The third-order valence-electron chi connectivity index (χ3n) is 3.98. The van der Waals surface area contributed by atoms with E-state index in [4.69, 9.17) is 22.1 Å². The number of imidazole rings is 1. The lowest BCUT2D eigenvalue weighted by Crippen LogP contribution is -2.25. The number of fused-ring (bicyclic) bond motifs is 1. The van der Waals surface area contributed by atoms with Crippen LogP contribution in [0.3, 0.4) is 0 Å². The van der Waals surface area contributed by atoms with Gasteiger partial charge in [0.25, 0.3) is 5.91 Å². The molecule has 0 fully saturated rings. The number of methoxy groups -OCH3 is 1. The molecular weight excluding hydrogens is 359 g/mol. The lowest BCUT2D eigenvalue weighted by Gasteiger charge is -2.12. The molecule has 136 valence electrons. The van der Waals surface area contributed by atoms with Gasteiger partial charge < -0.3 is 15.8 Å². The lowest BCUT2D eigenvalue weighted by molar-refractivity contribution is 0.0950. The molecule has 0 radical (unpaired) electrons. The van der Waals surface area contributed by atoms with Crippen molar-refractivity contribution in [1.82, 2.24) is 14.7 Å². The van der Waals surface area contributed by atoms with Gasteiger partial charge in [-0.3, -0.25) is 9.20 Å². The normalized spacial score (nSPS) is 10.9. The molecule has 2 heterocycles. The van der Waals surface area contributed by atoms with Crippen molar-refractivity contribution in [2.24, 2.45) is 0 Å². The molecule has 2 aromatic heterocycles. The Morgan fingerprint density at radius 3 is 2.85 bits per heavy atom. The first-order chi connectivity index (χ1) is 12.5. The van der Waals surface area contributed by atoms with E-state index in [1.54, 1.807) is 18.3 Å². The van der Waals surface area contributed by atoms with Crippen LogP contribution in [0, 0.1) is 5.82 Å². The third-order valence-corrected chi connectivity index (χ3v) is 4.29. The van der Waals surface area contributed by atoms with Crippen molar-refractivity contribution in [2.45, 2.75) is 13.3 Å². The summed E-state index contributed by atoms with van der Waals surface area (Å²) in [6, 6.07) is 6.04. The number of nitrogens with zero attached hydrogens (tertiary/aromatic N) is 2. The van der Waals surface area contributed by atoms with Crippen LogP contribution in [0.15, 0.2) is 30.5 Å². The first-order valence-electron chi connectivity index (χ1n) is 8.06. The highest BCUT2D eigenvalue weighted by atomic mass is 35.5. The Kier molecular flexibility index (Phi) is 4.99. The molecule has 0 aliphatic carbocycles. The van der Waals surface area contributed by atoms with E-state index in [0.29, 0.717) is 17.9 Å². The molecule has 0 atom stereocenters. The molecule has 0 aliphatic heterocycles. The predicted molar refractivity (Wildman–Crippen MR) is 99.2 cm³/mol. The molecule has 0 saturated heterocycles. The van der Waals surface area contributed by atoms with Crippen molar-refractivity contribution in [1.29, 1.82) is 0 Å². The van der Waals surface area contributed by atoms with Crippen LogP contribution in [0.5, 0.6) is 5.75 Å². The van der Waals surface area contributed by atoms with Crippen molar-refractivity contribution >= 4 is 29.0 Å². The molecule has 0 bridgehead atoms. The van der Waals surface area contributed by atoms with Crippen molar-refractivity contribution in [3.05, 3.63) is 47.0 Å². The van der Waals surface area contributed by atoms with Gasteiger partial charge in [-0.25, -0.2) is 9.37 Å². The topological polar surface area (TPSA) is 81.6 Å². The summed E-state index contributed by atoms with van der Waals surface area (Å²) in [6.45, 7) is 2.44. The summed E-state index contributed by atoms with van der Waals surface area (Å²) in [5, 5.41) is 3.00. The second kappa shape index (κ2) is 7.21. The number of nitrogens with one attached hydrogen (secondary N) is 1. The number of nitrogen functional groups attached to an aromatic ring is 1. The fraction of sp³-hybridized carbons (Fsp3) is 0.222. The molecule has 26 heavy (non-hydrogen) atoms. The highest BCUT2D eigenvalue weighted by molar-refractivity contribution is 6.34. The number of pyridine rings is 1. The quantitative estimate of drug-likeness (QED) is 0.713. The van der Waals surface area contributed by atoms with Crippen LogP contribution in [-0.2, 0) is 0 Å². The number of hydrogen-bond donors (Lipinski definition) is 2. The van der Waals surface area contributed by atoms with Crippen molar-refractivity contribution < 1.29 is 13.9 Å². The number of benzene rings is 1. The molecule has 0 saturated carbocycles. The van der Waals surface area contributed by atoms with Crippen LogP contribution < -0.4 is 15.8 Å². The summed E-state index contributed by atoms with van der Waals surface area (Å²) >= 11 is 6.35. The zero-order chi connectivity index (χ0) is 18.8. The van der Waals surface area contributed by atoms with E-state index in [1.807, 2.05) is 6.92 Å². The minimum Gasteiger partial charge on any atom is -0.496 e. The summed E-state index contributed by atoms with van der Waals surface area (Å²) in [7, 11) is 1.44. The maximum absolute atomic E-state index is 14.6. The predicted octanol–water partition coefficient (Wildman–Crippen LogP) is 3.52. The van der Waals surface area contributed by atoms with Crippen molar-refractivity contribution in [2.75, 3.05) is 19.4 Å². The summed E-state index contributed by atoms with van der Waals surface area (Å²) in [4.78, 5) is 16.7. The number of amides is 1. The maximum Gasteiger partial charge on any atom is 0.273 e. The smallest absolute Gasteiger partial charge is 0.273 e. The molecule has 0 spiro atoms. The van der Waals surface area contributed by atoms with Gasteiger partial charge in [0.05, 0.1) is 23.3 Å². The lowest BCUT2D eigenvalue weighted by atomic mass is 10.0. The van der Waals surface area contributed by atoms with Gasteiger partial charge in [-0.1, -0.05) is 24.6 Å². The standard InChI is InChI=1S/C18H18ClFN4O2/c1-3-8-22-18(25)15-16(21)24-9-7-10(19)13(17(24)23-15)14-11(20)5-4-6-12(14)26-2/h4-7,9H,3,8,21H2,1-2H3,(H,22,25). The van der Waals surface area contributed by atoms with E-state index < -0.39 is 11.7 Å². The average Bonchev–Trinajstić information content (AvgIpc) is 2.97. The SMILES string of the molecule is CCCNC(=O)c1nc2c(-c3c(F)cccc3OC)c(Cl)ccn2c1N. The Labute approximate surface area is 154 Å². The van der Waals surface area contributed by atoms with Gasteiger partial charge in [0.2, 0.25) is 0 Å². The number of anilines is 1. The molecule has 6 nitrogen and oxygen atoms in total. The monoisotopic (exact) mass is 376 g/mol. The number of carbonyl (C=O) groups is 1. The average molecular weight is 377 g/mol. The second-order valence-corrected chi connectivity index (χ2v) is 6.06. The summed E-state index contributed by atoms with van der Waals surface area (Å²) < 4.78 is 21.4. The Balaban J connectivity index is 2.28. The molecule has 0 aliphatic rings. The first-order valence-corrected chi connectivity index (χ1v) is 8.44. The van der Waals surface area contributed by atoms with E-state index in [9.17, 15) is 9.18 Å². The zero-order valence-corrected chi connectivity index (χ0v) is 15.1.